The molecule has 0 amide bonds. The van der Waals surface area contributed by atoms with Gasteiger partial charge >= 0.3 is 32.7 Å². The molecule has 0 bridgehead atoms. The first-order valence-corrected chi connectivity index (χ1v) is 12.7. The Morgan fingerprint density at radius 3 is 1.06 bits per heavy atom. The molecule has 0 aliphatic carbocycles. The Balaban J connectivity index is -0.0000000562. The molecule has 1 heteroatoms. The summed E-state index contributed by atoms with van der Waals surface area (Å²) >= 11 is 0. The van der Waals surface area contributed by atoms with Crippen molar-refractivity contribution in [3.63, 3.8) is 0 Å². The van der Waals surface area contributed by atoms with Gasteiger partial charge in [-0.2, -0.15) is 12.8 Å². The van der Waals surface area contributed by atoms with Gasteiger partial charge in [-0.3, -0.25) is 0 Å². The van der Waals surface area contributed by atoms with Gasteiger partial charge in [0.1, 0.15) is 0 Å². The fourth-order valence-corrected chi connectivity index (χ4v) is 1.64. The summed E-state index contributed by atoms with van der Waals surface area (Å²) in [4.78, 5) is 0. The van der Waals surface area contributed by atoms with Crippen molar-refractivity contribution in [2.24, 2.45) is 11.8 Å². The third-order valence-electron chi connectivity index (χ3n) is 3.88. The molecule has 0 aliphatic rings. The Morgan fingerprint density at radius 2 is 0.914 bits per heavy atom. The molecule has 0 N–H and O–H groups in total. The summed E-state index contributed by atoms with van der Waals surface area (Å²) in [5, 5.41) is 0. The van der Waals surface area contributed by atoms with E-state index in [1.54, 1.807) is 0 Å². The van der Waals surface area contributed by atoms with E-state index in [1.807, 2.05) is 19.9 Å². The van der Waals surface area contributed by atoms with Gasteiger partial charge in [0.05, 0.1) is 0 Å². The van der Waals surface area contributed by atoms with Crippen molar-refractivity contribution in [2.45, 2.75) is 116 Å². The Morgan fingerprint density at radius 1 is 0.657 bits per heavy atom. The first-order chi connectivity index (χ1) is 15.1. The van der Waals surface area contributed by atoms with Crippen LogP contribution in [0.1, 0.15) is 119 Å². The van der Waals surface area contributed by atoms with Crippen molar-refractivity contribution in [1.82, 2.24) is 0 Å². The van der Waals surface area contributed by atoms with Crippen LogP contribution in [0.5, 0.6) is 0 Å². The third kappa shape index (κ3) is 47.4. The monoisotopic (exact) mass is 562 g/mol. The summed E-state index contributed by atoms with van der Waals surface area (Å²) in [6.45, 7) is 33.0. The van der Waals surface area contributed by atoms with Crippen LogP contribution in [0.2, 0.25) is 0 Å². The Bertz CT molecular complexity index is 530. The number of hydrogen-bond donors (Lipinski definition) is 0. The van der Waals surface area contributed by atoms with Crippen LogP contribution in [0.25, 0.3) is 0 Å². The number of aryl methyl sites for hydroxylation is 2. The average Bonchev–Trinajstić information content (AvgIpc) is 2.78. The van der Waals surface area contributed by atoms with Gasteiger partial charge in [0.2, 0.25) is 0 Å². The second-order valence-corrected chi connectivity index (χ2v) is 8.77. The van der Waals surface area contributed by atoms with E-state index in [9.17, 15) is 0 Å². The Kier molecular flexibility index (Phi) is 59.6. The van der Waals surface area contributed by atoms with Crippen molar-refractivity contribution in [3.8, 4) is 0 Å². The minimum Gasteiger partial charge on any atom is -0.358 e. The molecule has 0 heterocycles. The van der Waals surface area contributed by atoms with Crippen LogP contribution in [0.3, 0.4) is 0 Å². The molecule has 2 aromatic carbocycles. The molecule has 0 fully saturated rings. The molecule has 0 atom stereocenters. The van der Waals surface area contributed by atoms with Gasteiger partial charge in [-0.25, -0.2) is 0 Å². The largest absolute Gasteiger partial charge is 3.00 e. The summed E-state index contributed by atoms with van der Waals surface area (Å²) in [7, 11) is 0. The molecule has 0 radical (unpaired) electrons. The van der Waals surface area contributed by atoms with Crippen molar-refractivity contribution < 1.29 is 32.7 Å². The van der Waals surface area contributed by atoms with Crippen LogP contribution in [0.4, 0.5) is 0 Å². The zero-order valence-electron chi connectivity index (χ0n) is 25.5. The zero-order valence-corrected chi connectivity index (χ0v) is 28.4. The summed E-state index contributed by atoms with van der Waals surface area (Å²) in [6.07, 6.45) is 3.28. The van der Waals surface area contributed by atoms with Crippen LogP contribution in [0.15, 0.2) is 54.6 Å². The molecule has 204 valence electrons. The molecule has 0 saturated carbocycles. The van der Waals surface area contributed by atoms with E-state index in [0.29, 0.717) is 11.8 Å². The topological polar surface area (TPSA) is 0 Å². The number of hydrogen-bond acceptors (Lipinski definition) is 0. The summed E-state index contributed by atoms with van der Waals surface area (Å²) < 4.78 is 0. The van der Waals surface area contributed by atoms with E-state index in [2.05, 4.69) is 132 Å². The minimum absolute atomic E-state index is 0. The smallest absolute Gasteiger partial charge is 0.358 e. The summed E-state index contributed by atoms with van der Waals surface area (Å²) in [5.74, 6) is 2.20. The predicted octanol–water partition coefficient (Wildman–Crippen LogP) is 12.4. The van der Waals surface area contributed by atoms with Gasteiger partial charge in [-0.05, 0) is 42.4 Å². The van der Waals surface area contributed by atoms with Crippen LogP contribution < -0.4 is 0 Å². The van der Waals surface area contributed by atoms with Crippen LogP contribution in [-0.4, -0.2) is 0 Å². The van der Waals surface area contributed by atoms with Crippen molar-refractivity contribution in [2.75, 3.05) is 0 Å². The number of benzene rings is 2. The molecule has 2 rings (SSSR count). The molecule has 0 saturated heterocycles. The van der Waals surface area contributed by atoms with E-state index >= 15 is 0 Å². The average molecular weight is 563 g/mol. The van der Waals surface area contributed by atoms with Gasteiger partial charge < -0.3 is 21.3 Å². The van der Waals surface area contributed by atoms with Gasteiger partial charge in [-0.15, -0.1) is 0 Å². The first-order valence-electron chi connectivity index (χ1n) is 12.7. The molecule has 35 heavy (non-hydrogen) atoms. The molecule has 2 aromatic rings. The second kappa shape index (κ2) is 40.7. The quantitative estimate of drug-likeness (QED) is 0.326. The SMILES string of the molecule is C.CC.CC(C)C.CC(C)c1ccccc1.CCC.Cc1ccccc1C.[CH2-]CC(C)C[CH2-].[CH3-].[Y+3]. The minimum atomic E-state index is 0. The maximum atomic E-state index is 3.72. The van der Waals surface area contributed by atoms with Gasteiger partial charge in [0, 0.05) is 0 Å². The normalized spacial score (nSPS) is 8.14. The van der Waals surface area contributed by atoms with Crippen LogP contribution in [-0.2, 0) is 32.7 Å². The summed E-state index contributed by atoms with van der Waals surface area (Å²) in [5.41, 5.74) is 4.15. The van der Waals surface area contributed by atoms with Crippen molar-refractivity contribution in [1.29, 1.82) is 0 Å². The maximum Gasteiger partial charge on any atom is 3.00 e. The van der Waals surface area contributed by atoms with Crippen molar-refractivity contribution >= 4 is 0 Å². The standard InChI is InChI=1S/C9H12.C8H10.C6H12.C4H10.C3H8.C2H6.CH4.CH3.Y/c1-8(2)9-6-4-3-5-7-9;1-7-5-3-4-6-8(7)2;1-4-6(3)5-2;1-4(2)3;1-3-2;1-2;;;/h3-8H,1-2H3;3-6H,1-2H3;6H,1-2,4-5H2,3H3;4H,1-3H3;3H2,1-2H3;1-2H3;1H4;1H3;/q;;-2;;;;;-1;+3. The number of rotatable bonds is 3. The van der Waals surface area contributed by atoms with Crippen LogP contribution in [0, 0.1) is 47.0 Å². The molecule has 0 aromatic heterocycles. The molecule has 0 aliphatic heterocycles. The summed E-state index contributed by atoms with van der Waals surface area (Å²) in [6, 6.07) is 18.9. The molecule has 0 unspecified atom stereocenters. The fourth-order valence-electron chi connectivity index (χ4n) is 1.64. The van der Waals surface area contributed by atoms with Gasteiger partial charge in [-0.1, -0.05) is 144 Å². The van der Waals surface area contributed by atoms with Crippen LogP contribution >= 0.6 is 0 Å². The fraction of sp³-hybridized carbons (Fsp3) is 0.559. The molecule has 0 nitrogen and oxygen atoms in total. The third-order valence-corrected chi connectivity index (χ3v) is 3.88. The first kappa shape index (κ1) is 51.2. The molecule has 0 spiro atoms. The maximum absolute atomic E-state index is 3.72. The van der Waals surface area contributed by atoms with E-state index < -0.39 is 0 Å². The molecular weight excluding hydrogens is 497 g/mol. The zero-order chi connectivity index (χ0) is 25.9. The van der Waals surface area contributed by atoms with E-state index in [1.165, 1.54) is 23.1 Å². The van der Waals surface area contributed by atoms with Crippen molar-refractivity contribution in [3.05, 3.63) is 92.6 Å². The molecular formula is C34H65Y. The second-order valence-electron chi connectivity index (χ2n) is 8.77. The van der Waals surface area contributed by atoms with Gasteiger partial charge in [0.25, 0.3) is 0 Å². The van der Waals surface area contributed by atoms with E-state index in [4.69, 9.17) is 0 Å². The van der Waals surface area contributed by atoms with E-state index in [0.717, 1.165) is 18.8 Å². The Labute approximate surface area is 251 Å². The van der Waals surface area contributed by atoms with Gasteiger partial charge in [0.15, 0.2) is 0 Å². The Hall–Kier alpha value is -0.456. The predicted molar refractivity (Wildman–Crippen MR) is 167 cm³/mol. The van der Waals surface area contributed by atoms with E-state index in [-0.39, 0.29) is 47.6 Å².